The van der Waals surface area contributed by atoms with E-state index in [4.69, 9.17) is 9.47 Å². The Hall–Kier alpha value is -1.86. The maximum atomic E-state index is 12.3. The van der Waals surface area contributed by atoms with Gasteiger partial charge in [-0.25, -0.2) is 9.78 Å². The number of pyridine rings is 1. The van der Waals surface area contributed by atoms with Gasteiger partial charge in [-0.1, -0.05) is 6.07 Å². The molecule has 0 N–H and O–H groups in total. The molecule has 3 heterocycles. The maximum absolute atomic E-state index is 12.3. The number of fused-ring (bicyclic) bond motifs is 1. The zero-order valence-electron chi connectivity index (χ0n) is 13.8. The molecular weight excluding hydrogens is 296 g/mol. The largest absolute Gasteiger partial charge is 0.481 e. The van der Waals surface area contributed by atoms with Crippen molar-refractivity contribution in [2.75, 3.05) is 53.6 Å². The average Bonchev–Trinajstić information content (AvgIpc) is 2.88. The Morgan fingerprint density at radius 2 is 2.13 bits per heavy atom. The first-order valence-corrected chi connectivity index (χ1v) is 7.98. The molecule has 2 fully saturated rings. The summed E-state index contributed by atoms with van der Waals surface area (Å²) in [5.74, 6) is 0.642. The molecule has 2 amide bonds. The average molecular weight is 320 g/mol. The van der Waals surface area contributed by atoms with E-state index in [9.17, 15) is 4.79 Å². The van der Waals surface area contributed by atoms with Crippen LogP contribution in [-0.2, 0) is 11.3 Å². The van der Waals surface area contributed by atoms with Gasteiger partial charge < -0.3 is 19.3 Å². The standard InChI is InChI=1S/C16H24N4O3/c1-22-9-8-19-12-14-11-18(6-7-20(14)16(19)21)10-13-4-3-5-15(17-13)23-2/h3-5,14H,6-12H2,1-2H3/t14-/m1/s1. The fourth-order valence-corrected chi connectivity index (χ4v) is 3.26. The molecule has 126 valence electrons. The number of carbonyl (C=O) groups is 1. The Balaban J connectivity index is 1.58. The second-order valence-corrected chi connectivity index (χ2v) is 5.98. The van der Waals surface area contributed by atoms with Crippen LogP contribution in [0.2, 0.25) is 0 Å². The smallest absolute Gasteiger partial charge is 0.320 e. The molecule has 1 aromatic rings. The minimum atomic E-state index is 0.145. The minimum Gasteiger partial charge on any atom is -0.481 e. The third-order valence-corrected chi connectivity index (χ3v) is 4.46. The molecule has 2 aliphatic heterocycles. The summed E-state index contributed by atoms with van der Waals surface area (Å²) in [4.78, 5) is 23.1. The SMILES string of the molecule is COCCN1C[C@H]2CN(Cc3cccc(OC)n3)CCN2C1=O. The van der Waals surface area contributed by atoms with E-state index in [2.05, 4.69) is 9.88 Å². The van der Waals surface area contributed by atoms with E-state index in [-0.39, 0.29) is 12.1 Å². The number of piperazine rings is 1. The molecule has 0 bridgehead atoms. The van der Waals surface area contributed by atoms with E-state index in [0.717, 1.165) is 38.4 Å². The zero-order valence-corrected chi connectivity index (χ0v) is 13.8. The molecule has 0 spiro atoms. The Kier molecular flexibility index (Phi) is 4.97. The van der Waals surface area contributed by atoms with Gasteiger partial charge in [0.2, 0.25) is 5.88 Å². The summed E-state index contributed by atoms with van der Waals surface area (Å²) in [5, 5.41) is 0. The number of methoxy groups -OCH3 is 2. The number of nitrogens with zero attached hydrogens (tertiary/aromatic N) is 4. The summed E-state index contributed by atoms with van der Waals surface area (Å²) in [5.41, 5.74) is 0.998. The number of hydrogen-bond acceptors (Lipinski definition) is 5. The van der Waals surface area contributed by atoms with Crippen molar-refractivity contribution in [3.8, 4) is 5.88 Å². The summed E-state index contributed by atoms with van der Waals surface area (Å²) in [7, 11) is 3.29. The first kappa shape index (κ1) is 16.0. The third kappa shape index (κ3) is 3.56. The first-order chi connectivity index (χ1) is 11.2. The van der Waals surface area contributed by atoms with E-state index in [1.165, 1.54) is 0 Å². The van der Waals surface area contributed by atoms with Crippen LogP contribution in [0.15, 0.2) is 18.2 Å². The fraction of sp³-hybridized carbons (Fsp3) is 0.625. The number of amides is 2. The molecule has 7 heteroatoms. The van der Waals surface area contributed by atoms with Gasteiger partial charge in [0.25, 0.3) is 0 Å². The quantitative estimate of drug-likeness (QED) is 0.771. The molecule has 0 radical (unpaired) electrons. The summed E-state index contributed by atoms with van der Waals surface area (Å²) in [6.07, 6.45) is 0. The predicted octanol–water partition coefficient (Wildman–Crippen LogP) is 0.658. The molecule has 2 saturated heterocycles. The topological polar surface area (TPSA) is 58.1 Å². The number of urea groups is 1. The Morgan fingerprint density at radius 1 is 1.26 bits per heavy atom. The Bertz CT molecular complexity index is 554. The molecule has 0 saturated carbocycles. The number of carbonyl (C=O) groups excluding carboxylic acids is 1. The number of hydrogen-bond donors (Lipinski definition) is 0. The van der Waals surface area contributed by atoms with Gasteiger partial charge in [-0.15, -0.1) is 0 Å². The van der Waals surface area contributed by atoms with Crippen LogP contribution < -0.4 is 4.74 Å². The monoisotopic (exact) mass is 320 g/mol. The van der Waals surface area contributed by atoms with Gasteiger partial charge in [-0.05, 0) is 6.07 Å². The van der Waals surface area contributed by atoms with Gasteiger partial charge in [0.05, 0.1) is 25.5 Å². The van der Waals surface area contributed by atoms with Crippen LogP contribution in [0.1, 0.15) is 5.69 Å². The van der Waals surface area contributed by atoms with Gasteiger partial charge in [0.15, 0.2) is 0 Å². The summed E-state index contributed by atoms with van der Waals surface area (Å²) in [6.45, 7) is 5.35. The van der Waals surface area contributed by atoms with Crippen molar-refractivity contribution in [1.29, 1.82) is 0 Å². The third-order valence-electron chi connectivity index (χ3n) is 4.46. The lowest BCUT2D eigenvalue weighted by molar-refractivity contribution is 0.115. The minimum absolute atomic E-state index is 0.145. The van der Waals surface area contributed by atoms with E-state index >= 15 is 0 Å². The van der Waals surface area contributed by atoms with Crippen LogP contribution in [0.5, 0.6) is 5.88 Å². The van der Waals surface area contributed by atoms with Crippen molar-refractivity contribution in [3.63, 3.8) is 0 Å². The Morgan fingerprint density at radius 3 is 2.91 bits per heavy atom. The van der Waals surface area contributed by atoms with Crippen molar-refractivity contribution in [1.82, 2.24) is 19.7 Å². The molecule has 1 atom stereocenters. The van der Waals surface area contributed by atoms with Crippen molar-refractivity contribution in [2.45, 2.75) is 12.6 Å². The highest BCUT2D eigenvalue weighted by molar-refractivity contribution is 5.77. The highest BCUT2D eigenvalue weighted by atomic mass is 16.5. The molecule has 1 aromatic heterocycles. The molecule has 0 aliphatic carbocycles. The van der Waals surface area contributed by atoms with Crippen LogP contribution >= 0.6 is 0 Å². The van der Waals surface area contributed by atoms with Gasteiger partial charge >= 0.3 is 6.03 Å². The lowest BCUT2D eigenvalue weighted by Gasteiger charge is -2.36. The van der Waals surface area contributed by atoms with Gasteiger partial charge in [0.1, 0.15) is 0 Å². The van der Waals surface area contributed by atoms with Crippen molar-refractivity contribution in [2.24, 2.45) is 0 Å². The van der Waals surface area contributed by atoms with Gasteiger partial charge in [-0.3, -0.25) is 4.90 Å². The van der Waals surface area contributed by atoms with E-state index in [0.29, 0.717) is 19.0 Å². The number of aromatic nitrogens is 1. The fourth-order valence-electron chi connectivity index (χ4n) is 3.26. The maximum Gasteiger partial charge on any atom is 0.320 e. The molecule has 7 nitrogen and oxygen atoms in total. The molecule has 0 aromatic carbocycles. The van der Waals surface area contributed by atoms with Crippen molar-refractivity contribution >= 4 is 6.03 Å². The second kappa shape index (κ2) is 7.14. The molecular formula is C16H24N4O3. The van der Waals surface area contributed by atoms with E-state index in [1.54, 1.807) is 14.2 Å². The molecule has 0 unspecified atom stereocenters. The highest BCUT2D eigenvalue weighted by Gasteiger charge is 2.40. The summed E-state index contributed by atoms with van der Waals surface area (Å²) >= 11 is 0. The lowest BCUT2D eigenvalue weighted by atomic mass is 10.2. The van der Waals surface area contributed by atoms with Crippen LogP contribution in [-0.4, -0.2) is 85.3 Å². The van der Waals surface area contributed by atoms with Crippen LogP contribution in [0.25, 0.3) is 0 Å². The van der Waals surface area contributed by atoms with Gasteiger partial charge in [0, 0.05) is 52.4 Å². The highest BCUT2D eigenvalue weighted by Crippen LogP contribution is 2.21. The molecule has 23 heavy (non-hydrogen) atoms. The second-order valence-electron chi connectivity index (χ2n) is 5.98. The van der Waals surface area contributed by atoms with Crippen LogP contribution in [0.4, 0.5) is 4.79 Å². The van der Waals surface area contributed by atoms with Crippen LogP contribution in [0.3, 0.4) is 0 Å². The number of ether oxygens (including phenoxy) is 2. The van der Waals surface area contributed by atoms with Gasteiger partial charge in [-0.2, -0.15) is 0 Å². The molecule has 3 rings (SSSR count). The predicted molar refractivity (Wildman–Crippen MR) is 85.4 cm³/mol. The Labute approximate surface area is 136 Å². The van der Waals surface area contributed by atoms with Crippen LogP contribution in [0, 0.1) is 0 Å². The number of rotatable bonds is 6. The lowest BCUT2D eigenvalue weighted by Crippen LogP contribution is -2.51. The normalized spacial score (nSPS) is 21.7. The molecule has 2 aliphatic rings. The summed E-state index contributed by atoms with van der Waals surface area (Å²) < 4.78 is 10.3. The first-order valence-electron chi connectivity index (χ1n) is 7.98. The van der Waals surface area contributed by atoms with E-state index < -0.39 is 0 Å². The van der Waals surface area contributed by atoms with E-state index in [1.807, 2.05) is 28.0 Å². The van der Waals surface area contributed by atoms with Crippen molar-refractivity contribution in [3.05, 3.63) is 23.9 Å². The zero-order chi connectivity index (χ0) is 16.2. The summed E-state index contributed by atoms with van der Waals surface area (Å²) in [6, 6.07) is 6.23. The van der Waals surface area contributed by atoms with Crippen molar-refractivity contribution < 1.29 is 14.3 Å².